The average Bonchev–Trinajstić information content (AvgIpc) is 2.49. The lowest BCUT2D eigenvalue weighted by Gasteiger charge is -2.10. The summed E-state index contributed by atoms with van der Waals surface area (Å²) in [6.45, 7) is 0.507. The number of halogens is 2. The fourth-order valence-corrected chi connectivity index (χ4v) is 3.19. The van der Waals surface area contributed by atoms with E-state index in [0.29, 0.717) is 22.4 Å². The van der Waals surface area contributed by atoms with Crippen molar-refractivity contribution < 1.29 is 14.6 Å². The Morgan fingerprint density at radius 2 is 1.73 bits per heavy atom. The largest absolute Gasteiger partial charge is 0.508 e. The third-order valence-electron chi connectivity index (χ3n) is 2.85. The molecule has 0 saturated carbocycles. The number of hydrogen-bond acceptors (Lipinski definition) is 4. The first kappa shape index (κ1) is 17.1. The van der Waals surface area contributed by atoms with Crippen molar-refractivity contribution in [1.29, 1.82) is 0 Å². The summed E-state index contributed by atoms with van der Waals surface area (Å²) < 4.78 is 10.7. The molecule has 0 aliphatic heterocycles. The molecular formula is C16H16Cl2O3S. The number of rotatable bonds is 7. The van der Waals surface area contributed by atoms with Gasteiger partial charge in [0.2, 0.25) is 0 Å². The molecule has 2 aromatic rings. The van der Waals surface area contributed by atoms with Crippen LogP contribution < -0.4 is 9.47 Å². The summed E-state index contributed by atoms with van der Waals surface area (Å²) in [6.07, 6.45) is 0.851. The van der Waals surface area contributed by atoms with Crippen LogP contribution in [0, 0.1) is 0 Å². The molecule has 0 saturated heterocycles. The van der Waals surface area contributed by atoms with E-state index in [4.69, 9.17) is 32.7 Å². The van der Waals surface area contributed by atoms with E-state index in [-0.39, 0.29) is 5.75 Å². The van der Waals surface area contributed by atoms with Gasteiger partial charge in [-0.2, -0.15) is 0 Å². The van der Waals surface area contributed by atoms with Gasteiger partial charge >= 0.3 is 0 Å². The summed E-state index contributed by atoms with van der Waals surface area (Å²) in [5.74, 6) is 2.21. The highest BCUT2D eigenvalue weighted by Gasteiger charge is 2.09. The molecular weight excluding hydrogens is 343 g/mol. The van der Waals surface area contributed by atoms with Crippen molar-refractivity contribution in [1.82, 2.24) is 0 Å². The molecule has 0 heterocycles. The van der Waals surface area contributed by atoms with Crippen molar-refractivity contribution in [2.45, 2.75) is 11.3 Å². The van der Waals surface area contributed by atoms with Crippen molar-refractivity contribution >= 4 is 35.0 Å². The summed E-state index contributed by atoms with van der Waals surface area (Å²) in [5, 5.41) is 9.98. The van der Waals surface area contributed by atoms with Gasteiger partial charge in [-0.15, -0.1) is 11.8 Å². The van der Waals surface area contributed by atoms with E-state index in [9.17, 15) is 5.11 Å². The molecule has 0 aliphatic rings. The van der Waals surface area contributed by atoms with Gasteiger partial charge in [0.05, 0.1) is 23.8 Å². The van der Waals surface area contributed by atoms with Gasteiger partial charge < -0.3 is 14.6 Å². The molecule has 0 bridgehead atoms. The van der Waals surface area contributed by atoms with Crippen LogP contribution in [-0.2, 0) is 0 Å². The van der Waals surface area contributed by atoms with Crippen LogP contribution in [0.2, 0.25) is 10.0 Å². The molecule has 0 fully saturated rings. The van der Waals surface area contributed by atoms with Crippen molar-refractivity contribution in [2.75, 3.05) is 19.5 Å². The zero-order valence-corrected chi connectivity index (χ0v) is 14.3. The standard InChI is InChI=1S/C16H16Cl2O3S/c1-20-12-3-5-13(6-4-12)22-8-2-7-21-16-14(17)9-11(19)10-15(16)18/h3-6,9-10,19H,2,7-8H2,1H3. The number of phenols is 1. The molecule has 0 spiro atoms. The first-order valence-corrected chi connectivity index (χ1v) is 8.42. The number of benzene rings is 2. The molecule has 22 heavy (non-hydrogen) atoms. The fraction of sp³-hybridized carbons (Fsp3) is 0.250. The van der Waals surface area contributed by atoms with Gasteiger partial charge in [-0.05, 0) is 30.7 Å². The number of thioether (sulfide) groups is 1. The van der Waals surface area contributed by atoms with Gasteiger partial charge in [0.25, 0.3) is 0 Å². The molecule has 0 aromatic heterocycles. The smallest absolute Gasteiger partial charge is 0.156 e. The van der Waals surface area contributed by atoms with Crippen LogP contribution in [0.25, 0.3) is 0 Å². The van der Waals surface area contributed by atoms with Gasteiger partial charge in [-0.1, -0.05) is 23.2 Å². The van der Waals surface area contributed by atoms with Crippen molar-refractivity contribution in [3.05, 3.63) is 46.4 Å². The molecule has 0 aliphatic carbocycles. The minimum Gasteiger partial charge on any atom is -0.508 e. The highest BCUT2D eigenvalue weighted by Crippen LogP contribution is 2.36. The monoisotopic (exact) mass is 358 g/mol. The van der Waals surface area contributed by atoms with Crippen LogP contribution in [-0.4, -0.2) is 24.6 Å². The second kappa shape index (κ2) is 8.42. The Labute approximate surface area is 144 Å². The summed E-state index contributed by atoms with van der Waals surface area (Å²) in [4.78, 5) is 1.18. The summed E-state index contributed by atoms with van der Waals surface area (Å²) in [5.41, 5.74) is 0. The van der Waals surface area contributed by atoms with E-state index < -0.39 is 0 Å². The summed E-state index contributed by atoms with van der Waals surface area (Å²) in [6, 6.07) is 10.8. The Balaban J connectivity index is 1.75. The molecule has 1 N–H and O–H groups in total. The Morgan fingerprint density at radius 1 is 1.09 bits per heavy atom. The minimum absolute atomic E-state index is 0.0254. The molecule has 0 atom stereocenters. The number of phenolic OH excluding ortho intramolecular Hbond substituents is 1. The van der Waals surface area contributed by atoms with E-state index in [1.165, 1.54) is 17.0 Å². The summed E-state index contributed by atoms with van der Waals surface area (Å²) in [7, 11) is 1.65. The third kappa shape index (κ3) is 4.90. The normalized spacial score (nSPS) is 10.5. The predicted molar refractivity (Wildman–Crippen MR) is 92.0 cm³/mol. The van der Waals surface area contributed by atoms with Crippen LogP contribution in [0.1, 0.15) is 6.42 Å². The lowest BCUT2D eigenvalue weighted by atomic mass is 10.3. The topological polar surface area (TPSA) is 38.7 Å². The first-order chi connectivity index (χ1) is 10.6. The van der Waals surface area contributed by atoms with Gasteiger partial charge in [0.1, 0.15) is 11.5 Å². The molecule has 0 radical (unpaired) electrons. The molecule has 0 amide bonds. The predicted octanol–water partition coefficient (Wildman–Crippen LogP) is 5.27. The van der Waals surface area contributed by atoms with Gasteiger partial charge in [0, 0.05) is 22.8 Å². The Morgan fingerprint density at radius 3 is 2.32 bits per heavy atom. The van der Waals surface area contributed by atoms with E-state index in [0.717, 1.165) is 17.9 Å². The number of methoxy groups -OCH3 is 1. The van der Waals surface area contributed by atoms with Gasteiger partial charge in [-0.25, -0.2) is 0 Å². The number of aromatic hydroxyl groups is 1. The highest BCUT2D eigenvalue weighted by molar-refractivity contribution is 7.99. The minimum atomic E-state index is 0.0254. The maximum Gasteiger partial charge on any atom is 0.156 e. The van der Waals surface area contributed by atoms with E-state index in [1.54, 1.807) is 18.9 Å². The molecule has 6 heteroatoms. The third-order valence-corrected chi connectivity index (χ3v) is 4.51. The first-order valence-electron chi connectivity index (χ1n) is 6.68. The van der Waals surface area contributed by atoms with Crippen molar-refractivity contribution in [2.24, 2.45) is 0 Å². The molecule has 2 rings (SSSR count). The van der Waals surface area contributed by atoms with Crippen molar-refractivity contribution in [3.8, 4) is 17.2 Å². The van der Waals surface area contributed by atoms with E-state index in [1.807, 2.05) is 24.3 Å². The van der Waals surface area contributed by atoms with Gasteiger partial charge in [0.15, 0.2) is 5.75 Å². The second-order valence-electron chi connectivity index (χ2n) is 4.46. The molecule has 2 aromatic carbocycles. The lowest BCUT2D eigenvalue weighted by molar-refractivity contribution is 0.318. The Hall–Kier alpha value is -1.23. The van der Waals surface area contributed by atoms with Crippen molar-refractivity contribution in [3.63, 3.8) is 0 Å². The highest BCUT2D eigenvalue weighted by atomic mass is 35.5. The van der Waals surface area contributed by atoms with Crippen LogP contribution in [0.5, 0.6) is 17.2 Å². The Bertz CT molecular complexity index is 594. The number of hydrogen-bond donors (Lipinski definition) is 1. The number of ether oxygens (including phenoxy) is 2. The van der Waals surface area contributed by atoms with E-state index in [2.05, 4.69) is 0 Å². The average molecular weight is 359 g/mol. The van der Waals surface area contributed by atoms with Crippen LogP contribution in [0.3, 0.4) is 0 Å². The maximum absolute atomic E-state index is 9.35. The fourth-order valence-electron chi connectivity index (χ4n) is 1.78. The van der Waals surface area contributed by atoms with E-state index >= 15 is 0 Å². The second-order valence-corrected chi connectivity index (χ2v) is 6.45. The summed E-state index contributed by atoms with van der Waals surface area (Å²) >= 11 is 13.7. The quantitative estimate of drug-likeness (QED) is 0.540. The molecule has 3 nitrogen and oxygen atoms in total. The van der Waals surface area contributed by atoms with Crippen LogP contribution >= 0.6 is 35.0 Å². The van der Waals surface area contributed by atoms with Gasteiger partial charge in [-0.3, -0.25) is 0 Å². The zero-order valence-electron chi connectivity index (χ0n) is 12.0. The lowest BCUT2D eigenvalue weighted by Crippen LogP contribution is -1.99. The maximum atomic E-state index is 9.35. The zero-order chi connectivity index (χ0) is 15.9. The molecule has 0 unspecified atom stereocenters. The Kier molecular flexibility index (Phi) is 6.55. The van der Waals surface area contributed by atoms with Crippen LogP contribution in [0.4, 0.5) is 0 Å². The van der Waals surface area contributed by atoms with Crippen LogP contribution in [0.15, 0.2) is 41.3 Å². The molecule has 118 valence electrons. The SMILES string of the molecule is COc1ccc(SCCCOc2c(Cl)cc(O)cc2Cl)cc1.